The Bertz CT molecular complexity index is 352. The molecule has 1 aliphatic rings. The maximum absolute atomic E-state index is 3.63. The van der Waals surface area contributed by atoms with Crippen molar-refractivity contribution < 1.29 is 0 Å². The van der Waals surface area contributed by atoms with Gasteiger partial charge in [0.25, 0.3) is 0 Å². The van der Waals surface area contributed by atoms with Gasteiger partial charge >= 0.3 is 0 Å². The van der Waals surface area contributed by atoms with Crippen molar-refractivity contribution in [3.63, 3.8) is 0 Å². The molecule has 0 aliphatic carbocycles. The lowest BCUT2D eigenvalue weighted by Gasteiger charge is -2.26. The summed E-state index contributed by atoms with van der Waals surface area (Å²) in [5.74, 6) is 0. The van der Waals surface area contributed by atoms with E-state index in [2.05, 4.69) is 48.5 Å². The molecule has 0 radical (unpaired) electrons. The largest absolute Gasteiger partial charge is 0.314 e. The summed E-state index contributed by atoms with van der Waals surface area (Å²) in [7, 11) is 2.25. The molecule has 106 valence electrons. The molecule has 1 N–H and O–H groups in total. The van der Waals surface area contributed by atoms with Crippen LogP contribution in [0, 0.1) is 6.92 Å². The van der Waals surface area contributed by atoms with Crippen molar-refractivity contribution in [3.05, 3.63) is 35.4 Å². The Morgan fingerprint density at radius 2 is 1.95 bits per heavy atom. The molecule has 1 fully saturated rings. The zero-order valence-corrected chi connectivity index (χ0v) is 12.5. The van der Waals surface area contributed by atoms with Crippen LogP contribution in [0.2, 0.25) is 0 Å². The molecule has 0 bridgehead atoms. The van der Waals surface area contributed by atoms with E-state index in [1.165, 1.54) is 49.9 Å². The molecule has 1 unspecified atom stereocenters. The fraction of sp³-hybridized carbons (Fsp3) is 0.647. The maximum atomic E-state index is 3.63. The number of nitrogens with zero attached hydrogens (tertiary/aromatic N) is 1. The van der Waals surface area contributed by atoms with Crippen LogP contribution in [0.4, 0.5) is 0 Å². The first kappa shape index (κ1) is 14.5. The second-order valence-corrected chi connectivity index (χ2v) is 5.97. The fourth-order valence-corrected chi connectivity index (χ4v) is 2.73. The number of hydrogen-bond donors (Lipinski definition) is 1. The average Bonchev–Trinajstić information content (AvgIpc) is 2.45. The van der Waals surface area contributed by atoms with Gasteiger partial charge in [0.15, 0.2) is 0 Å². The minimum atomic E-state index is 0.760. The summed E-state index contributed by atoms with van der Waals surface area (Å²) >= 11 is 0. The lowest BCUT2D eigenvalue weighted by molar-refractivity contribution is 0.290. The van der Waals surface area contributed by atoms with Crippen molar-refractivity contribution in [2.24, 2.45) is 0 Å². The van der Waals surface area contributed by atoms with Crippen molar-refractivity contribution in [1.82, 2.24) is 10.2 Å². The third-order valence-corrected chi connectivity index (χ3v) is 4.17. The van der Waals surface area contributed by atoms with Crippen LogP contribution in [-0.2, 0) is 6.42 Å². The molecule has 1 aromatic carbocycles. The van der Waals surface area contributed by atoms with Gasteiger partial charge in [0.2, 0.25) is 0 Å². The smallest absolute Gasteiger partial charge is 0.00792 e. The summed E-state index contributed by atoms with van der Waals surface area (Å²) in [6.07, 6.45) is 6.59. The first-order valence-electron chi connectivity index (χ1n) is 7.71. The number of benzene rings is 1. The molecule has 2 rings (SSSR count). The molecule has 0 aromatic heterocycles. The zero-order valence-electron chi connectivity index (χ0n) is 12.5. The highest BCUT2D eigenvalue weighted by atomic mass is 15.1. The number of likely N-dealkylation sites (N-methyl/N-ethyl adjacent to an activating group) is 1. The van der Waals surface area contributed by atoms with Gasteiger partial charge < -0.3 is 10.2 Å². The monoisotopic (exact) mass is 260 g/mol. The molecule has 1 atom stereocenters. The standard InChI is InChI=1S/C17H28N2/c1-15-6-8-16(9-7-15)10-13-19(2)14-11-17-5-3-4-12-18-17/h6-9,17-18H,3-5,10-14H2,1-2H3. The van der Waals surface area contributed by atoms with Crippen LogP contribution in [0.15, 0.2) is 24.3 Å². The SMILES string of the molecule is Cc1ccc(CCN(C)CCC2CCCCN2)cc1. The van der Waals surface area contributed by atoms with E-state index in [-0.39, 0.29) is 0 Å². The Hall–Kier alpha value is -0.860. The lowest BCUT2D eigenvalue weighted by Crippen LogP contribution is -2.37. The molecular formula is C17H28N2. The molecule has 1 heterocycles. The highest BCUT2D eigenvalue weighted by Crippen LogP contribution is 2.10. The molecule has 1 saturated heterocycles. The van der Waals surface area contributed by atoms with Gasteiger partial charge in [0, 0.05) is 12.6 Å². The summed E-state index contributed by atoms with van der Waals surface area (Å²) < 4.78 is 0. The molecule has 0 amide bonds. The highest BCUT2D eigenvalue weighted by Gasteiger charge is 2.12. The van der Waals surface area contributed by atoms with E-state index < -0.39 is 0 Å². The van der Waals surface area contributed by atoms with Gasteiger partial charge in [-0.3, -0.25) is 0 Å². The van der Waals surface area contributed by atoms with E-state index >= 15 is 0 Å². The van der Waals surface area contributed by atoms with Gasteiger partial charge in [-0.2, -0.15) is 0 Å². The summed E-state index contributed by atoms with van der Waals surface area (Å²) in [6, 6.07) is 9.69. The Kier molecular flexibility index (Phi) is 5.87. The van der Waals surface area contributed by atoms with Crippen molar-refractivity contribution in [2.45, 2.75) is 45.1 Å². The van der Waals surface area contributed by atoms with E-state index in [1.807, 2.05) is 0 Å². The zero-order chi connectivity index (χ0) is 13.5. The minimum Gasteiger partial charge on any atom is -0.314 e. The maximum Gasteiger partial charge on any atom is 0.00792 e. The normalized spacial score (nSPS) is 19.8. The molecule has 1 aliphatic heterocycles. The van der Waals surface area contributed by atoms with Gasteiger partial charge in [0.1, 0.15) is 0 Å². The molecular weight excluding hydrogens is 232 g/mol. The van der Waals surface area contributed by atoms with E-state index in [9.17, 15) is 0 Å². The van der Waals surface area contributed by atoms with E-state index in [1.54, 1.807) is 0 Å². The predicted molar refractivity (Wildman–Crippen MR) is 82.6 cm³/mol. The Balaban J connectivity index is 1.63. The predicted octanol–water partition coefficient (Wildman–Crippen LogP) is 3.00. The van der Waals surface area contributed by atoms with Gasteiger partial charge in [0.05, 0.1) is 0 Å². The van der Waals surface area contributed by atoms with Crippen molar-refractivity contribution in [3.8, 4) is 0 Å². The van der Waals surface area contributed by atoms with Crippen LogP contribution in [-0.4, -0.2) is 37.6 Å². The summed E-state index contributed by atoms with van der Waals surface area (Å²) in [5.41, 5.74) is 2.80. The average molecular weight is 260 g/mol. The third-order valence-electron chi connectivity index (χ3n) is 4.17. The Morgan fingerprint density at radius 1 is 1.16 bits per heavy atom. The lowest BCUT2D eigenvalue weighted by atomic mass is 10.0. The van der Waals surface area contributed by atoms with Crippen LogP contribution < -0.4 is 5.32 Å². The summed E-state index contributed by atoms with van der Waals surface area (Å²) in [4.78, 5) is 2.47. The van der Waals surface area contributed by atoms with Crippen molar-refractivity contribution in [2.75, 3.05) is 26.7 Å². The fourth-order valence-electron chi connectivity index (χ4n) is 2.73. The summed E-state index contributed by atoms with van der Waals surface area (Å²) in [6.45, 7) is 5.74. The number of piperidine rings is 1. The minimum absolute atomic E-state index is 0.760. The highest BCUT2D eigenvalue weighted by molar-refractivity contribution is 5.21. The first-order chi connectivity index (χ1) is 9.24. The quantitative estimate of drug-likeness (QED) is 0.846. The Labute approximate surface area is 118 Å². The number of nitrogens with one attached hydrogen (secondary N) is 1. The first-order valence-corrected chi connectivity index (χ1v) is 7.71. The van der Waals surface area contributed by atoms with Crippen molar-refractivity contribution >= 4 is 0 Å². The van der Waals surface area contributed by atoms with Crippen LogP contribution >= 0.6 is 0 Å². The third kappa shape index (κ3) is 5.33. The van der Waals surface area contributed by atoms with Gasteiger partial charge in [-0.05, 0) is 58.3 Å². The topological polar surface area (TPSA) is 15.3 Å². The van der Waals surface area contributed by atoms with E-state index in [0.717, 1.165) is 19.0 Å². The second kappa shape index (κ2) is 7.66. The number of aryl methyl sites for hydroxylation is 1. The summed E-state index contributed by atoms with van der Waals surface area (Å²) in [5, 5.41) is 3.63. The molecule has 1 aromatic rings. The van der Waals surface area contributed by atoms with Gasteiger partial charge in [-0.1, -0.05) is 36.2 Å². The molecule has 2 heteroatoms. The van der Waals surface area contributed by atoms with Crippen molar-refractivity contribution in [1.29, 1.82) is 0 Å². The van der Waals surface area contributed by atoms with E-state index in [4.69, 9.17) is 0 Å². The second-order valence-electron chi connectivity index (χ2n) is 5.97. The molecule has 0 spiro atoms. The van der Waals surface area contributed by atoms with Gasteiger partial charge in [-0.25, -0.2) is 0 Å². The van der Waals surface area contributed by atoms with Crippen LogP contribution in [0.25, 0.3) is 0 Å². The molecule has 19 heavy (non-hydrogen) atoms. The number of hydrogen-bond acceptors (Lipinski definition) is 2. The molecule has 0 saturated carbocycles. The van der Waals surface area contributed by atoms with Gasteiger partial charge in [-0.15, -0.1) is 0 Å². The van der Waals surface area contributed by atoms with E-state index in [0.29, 0.717) is 0 Å². The Morgan fingerprint density at radius 3 is 2.63 bits per heavy atom. The van der Waals surface area contributed by atoms with Crippen LogP contribution in [0.1, 0.15) is 36.8 Å². The van der Waals surface area contributed by atoms with Crippen LogP contribution in [0.3, 0.4) is 0 Å². The number of rotatable bonds is 6. The molecule has 2 nitrogen and oxygen atoms in total. The van der Waals surface area contributed by atoms with Crippen LogP contribution in [0.5, 0.6) is 0 Å².